The third-order valence-electron chi connectivity index (χ3n) is 8.31. The van der Waals surface area contributed by atoms with E-state index >= 15 is 0 Å². The Balaban J connectivity index is 1.76. The lowest BCUT2D eigenvalue weighted by atomic mass is 9.56. The summed E-state index contributed by atoms with van der Waals surface area (Å²) in [6.07, 6.45) is 6.92. The van der Waals surface area contributed by atoms with Gasteiger partial charge in [-0.05, 0) is 61.3 Å². The van der Waals surface area contributed by atoms with E-state index in [2.05, 4.69) is 27.7 Å². The lowest BCUT2D eigenvalue weighted by Gasteiger charge is -2.46. The van der Waals surface area contributed by atoms with Gasteiger partial charge in [0.05, 0.1) is 5.76 Å². The van der Waals surface area contributed by atoms with Crippen molar-refractivity contribution in [1.29, 1.82) is 0 Å². The Labute approximate surface area is 190 Å². The van der Waals surface area contributed by atoms with E-state index in [1.807, 2.05) is 19.1 Å². The standard InChI is InChI=1S/C27H36O5/c1-16(7-8-18-11-19(28)10-17(2)24(18)32)9-20(29)13-26(5)15-22-23(31)12-21(30)14-27(26,6)25(22,3)4/h7,10-12,14,22,28,30-32H,8-9,13,15H2,1-6H3/b16-7+/t22-,26+,27+/m1/s1. The zero-order chi connectivity index (χ0) is 24.1. The van der Waals surface area contributed by atoms with Crippen molar-refractivity contribution in [2.24, 2.45) is 22.2 Å². The Morgan fingerprint density at radius 2 is 1.78 bits per heavy atom. The van der Waals surface area contributed by atoms with Crippen molar-refractivity contribution in [3.8, 4) is 11.5 Å². The van der Waals surface area contributed by atoms with Gasteiger partial charge in [-0.3, -0.25) is 4.79 Å². The predicted octanol–water partition coefficient (Wildman–Crippen LogP) is 6.20. The number of rotatable bonds is 6. The second kappa shape index (κ2) is 8.02. The van der Waals surface area contributed by atoms with Gasteiger partial charge in [0.25, 0.3) is 0 Å². The average Bonchev–Trinajstić information content (AvgIpc) is 2.76. The molecule has 32 heavy (non-hydrogen) atoms. The highest BCUT2D eigenvalue weighted by Crippen LogP contribution is 2.69. The molecule has 5 nitrogen and oxygen atoms in total. The van der Waals surface area contributed by atoms with E-state index in [0.717, 1.165) is 5.57 Å². The fourth-order valence-corrected chi connectivity index (χ4v) is 5.89. The van der Waals surface area contributed by atoms with Crippen LogP contribution in [-0.4, -0.2) is 26.2 Å². The number of aromatic hydroxyl groups is 2. The van der Waals surface area contributed by atoms with E-state index in [-0.39, 0.29) is 40.1 Å². The molecule has 4 N–H and O–H groups in total. The first kappa shape index (κ1) is 24.0. The number of phenolic OH excluding ortho intramolecular Hbond substituents is 2. The fraction of sp³-hybridized carbons (Fsp3) is 0.519. The van der Waals surface area contributed by atoms with Crippen molar-refractivity contribution in [2.45, 2.75) is 67.2 Å². The number of benzene rings is 1. The molecule has 0 saturated heterocycles. The maximum absolute atomic E-state index is 13.1. The number of phenols is 2. The second-order valence-corrected chi connectivity index (χ2v) is 10.8. The number of Topliss-reactive ketones (excluding diaryl/α,β-unsaturated/α-hetero) is 1. The van der Waals surface area contributed by atoms with E-state index in [0.29, 0.717) is 36.8 Å². The number of aryl methyl sites for hydroxylation is 1. The molecule has 2 aliphatic rings. The monoisotopic (exact) mass is 440 g/mol. The number of carbonyl (C=O) groups excluding carboxylic acids is 1. The smallest absolute Gasteiger partial charge is 0.137 e. The topological polar surface area (TPSA) is 98.0 Å². The maximum Gasteiger partial charge on any atom is 0.137 e. The molecular weight excluding hydrogens is 404 g/mol. The summed E-state index contributed by atoms with van der Waals surface area (Å²) >= 11 is 0. The van der Waals surface area contributed by atoms with Crippen LogP contribution in [0.25, 0.3) is 0 Å². The SMILES string of the molecule is C/C(=C\Cc1cc(O)cc(C)c1O)CC(=O)C[C@@]1(C)C[C@@H]2C(O)=CC(O)=C[C@@]1(C)C2(C)C. The van der Waals surface area contributed by atoms with Crippen LogP contribution < -0.4 is 0 Å². The van der Waals surface area contributed by atoms with Crippen molar-refractivity contribution < 1.29 is 25.2 Å². The molecule has 1 fully saturated rings. The molecule has 2 aliphatic carbocycles. The van der Waals surface area contributed by atoms with Crippen LogP contribution in [0.4, 0.5) is 0 Å². The lowest BCUT2D eigenvalue weighted by molar-refractivity contribution is -0.122. The number of fused-ring (bicyclic) bond motifs is 2. The molecule has 0 spiro atoms. The maximum atomic E-state index is 13.1. The molecule has 174 valence electrons. The van der Waals surface area contributed by atoms with Gasteiger partial charge in [-0.25, -0.2) is 0 Å². The molecular formula is C27H36O5. The Morgan fingerprint density at radius 1 is 1.12 bits per heavy atom. The van der Waals surface area contributed by atoms with Gasteiger partial charge in [-0.15, -0.1) is 0 Å². The van der Waals surface area contributed by atoms with Gasteiger partial charge >= 0.3 is 0 Å². The van der Waals surface area contributed by atoms with Crippen molar-refractivity contribution in [3.63, 3.8) is 0 Å². The molecule has 2 bridgehead atoms. The van der Waals surface area contributed by atoms with Crippen LogP contribution in [0.1, 0.15) is 65.0 Å². The Kier molecular flexibility index (Phi) is 6.01. The molecule has 0 radical (unpaired) electrons. The van der Waals surface area contributed by atoms with Crippen LogP contribution in [0, 0.1) is 29.1 Å². The summed E-state index contributed by atoms with van der Waals surface area (Å²) in [5, 5.41) is 40.9. The first-order valence-corrected chi connectivity index (χ1v) is 11.2. The molecule has 1 saturated carbocycles. The number of hydrogen-bond donors (Lipinski definition) is 4. The summed E-state index contributed by atoms with van der Waals surface area (Å²) in [5.41, 5.74) is 0.955. The summed E-state index contributed by atoms with van der Waals surface area (Å²) < 4.78 is 0. The van der Waals surface area contributed by atoms with Gasteiger partial charge in [-0.1, -0.05) is 39.3 Å². The number of allylic oxidation sites excluding steroid dienone is 5. The third kappa shape index (κ3) is 3.94. The van der Waals surface area contributed by atoms with Gasteiger partial charge in [0, 0.05) is 35.8 Å². The molecule has 0 heterocycles. The van der Waals surface area contributed by atoms with Crippen LogP contribution in [0.2, 0.25) is 0 Å². The summed E-state index contributed by atoms with van der Waals surface area (Å²) in [7, 11) is 0. The molecule has 5 heteroatoms. The van der Waals surface area contributed by atoms with Crippen molar-refractivity contribution in [2.75, 3.05) is 0 Å². The first-order valence-electron chi connectivity index (χ1n) is 11.2. The molecule has 3 rings (SSSR count). The van der Waals surface area contributed by atoms with Crippen LogP contribution in [-0.2, 0) is 11.2 Å². The largest absolute Gasteiger partial charge is 0.512 e. The summed E-state index contributed by atoms with van der Waals surface area (Å²) in [4.78, 5) is 13.1. The van der Waals surface area contributed by atoms with E-state index in [1.54, 1.807) is 13.0 Å². The van der Waals surface area contributed by atoms with Crippen molar-refractivity contribution in [1.82, 2.24) is 0 Å². The van der Waals surface area contributed by atoms with Crippen LogP contribution >= 0.6 is 0 Å². The van der Waals surface area contributed by atoms with Crippen molar-refractivity contribution >= 4 is 5.78 Å². The zero-order valence-electron chi connectivity index (χ0n) is 20.0. The van der Waals surface area contributed by atoms with Gasteiger partial charge in [0.2, 0.25) is 0 Å². The quantitative estimate of drug-likeness (QED) is 0.312. The first-order chi connectivity index (χ1) is 14.7. The van der Waals surface area contributed by atoms with E-state index in [1.165, 1.54) is 12.1 Å². The zero-order valence-corrected chi connectivity index (χ0v) is 20.0. The van der Waals surface area contributed by atoms with Gasteiger partial charge in [-0.2, -0.15) is 0 Å². The summed E-state index contributed by atoms with van der Waals surface area (Å²) in [5.74, 6) is 0.488. The molecule has 0 aliphatic heterocycles. The number of ketones is 1. The fourth-order valence-electron chi connectivity index (χ4n) is 5.89. The van der Waals surface area contributed by atoms with E-state index in [9.17, 15) is 25.2 Å². The number of carbonyl (C=O) groups is 1. The lowest BCUT2D eigenvalue weighted by Crippen LogP contribution is -2.42. The minimum absolute atomic E-state index is 0.0521. The summed E-state index contributed by atoms with van der Waals surface area (Å²) in [6, 6.07) is 3.06. The van der Waals surface area contributed by atoms with Gasteiger partial charge in [0.15, 0.2) is 0 Å². The molecule has 1 aromatic carbocycles. The summed E-state index contributed by atoms with van der Waals surface area (Å²) in [6.45, 7) is 12.0. The Bertz CT molecular complexity index is 1030. The van der Waals surface area contributed by atoms with Gasteiger partial charge in [0.1, 0.15) is 23.0 Å². The Hall–Kier alpha value is -2.69. The molecule has 0 unspecified atom stereocenters. The molecule has 0 amide bonds. The predicted molar refractivity (Wildman–Crippen MR) is 126 cm³/mol. The number of aliphatic hydroxyl groups is 2. The molecule has 0 aromatic heterocycles. The molecule has 1 aromatic rings. The highest BCUT2D eigenvalue weighted by molar-refractivity contribution is 5.81. The third-order valence-corrected chi connectivity index (χ3v) is 8.31. The minimum atomic E-state index is -0.464. The molecule has 3 atom stereocenters. The average molecular weight is 441 g/mol. The van der Waals surface area contributed by atoms with Crippen LogP contribution in [0.5, 0.6) is 11.5 Å². The van der Waals surface area contributed by atoms with Gasteiger partial charge < -0.3 is 20.4 Å². The number of hydrogen-bond acceptors (Lipinski definition) is 5. The van der Waals surface area contributed by atoms with E-state index in [4.69, 9.17) is 0 Å². The Morgan fingerprint density at radius 3 is 2.44 bits per heavy atom. The second-order valence-electron chi connectivity index (χ2n) is 10.8. The highest BCUT2D eigenvalue weighted by Gasteiger charge is 2.64. The van der Waals surface area contributed by atoms with E-state index < -0.39 is 10.8 Å². The minimum Gasteiger partial charge on any atom is -0.512 e. The normalized spacial score (nSPS) is 29.3. The number of aliphatic hydroxyl groups excluding tert-OH is 2. The highest BCUT2D eigenvalue weighted by atomic mass is 16.3. The van der Waals surface area contributed by atoms with Crippen molar-refractivity contribution in [3.05, 3.63) is 58.6 Å². The van der Waals surface area contributed by atoms with Crippen LogP contribution in [0.3, 0.4) is 0 Å². The van der Waals surface area contributed by atoms with Crippen LogP contribution in [0.15, 0.2) is 47.5 Å².